The van der Waals surface area contributed by atoms with E-state index in [2.05, 4.69) is 140 Å². The molecule has 0 saturated carbocycles. The molecule has 8 nitrogen and oxygen atoms in total. The number of rotatable bonds is 4. The van der Waals surface area contributed by atoms with Crippen LogP contribution in [0.2, 0.25) is 0 Å². The summed E-state index contributed by atoms with van der Waals surface area (Å²) in [6, 6.07) is 33.2. The molecule has 0 N–H and O–H groups in total. The molecule has 0 saturated heterocycles. The van der Waals surface area contributed by atoms with Gasteiger partial charge < -0.3 is 0 Å². The Morgan fingerprint density at radius 3 is 0.696 bits per heavy atom. The lowest BCUT2D eigenvalue weighted by molar-refractivity contribution is 1.06. The van der Waals surface area contributed by atoms with Gasteiger partial charge in [0.1, 0.15) is 11.6 Å². The van der Waals surface area contributed by atoms with Crippen molar-refractivity contribution in [3.8, 4) is 45.0 Å². The van der Waals surface area contributed by atoms with Gasteiger partial charge in [0, 0.05) is 71.8 Å². The van der Waals surface area contributed by atoms with Gasteiger partial charge >= 0.3 is 0 Å². The molecule has 0 aliphatic carbocycles. The number of benzene rings is 4. The standard InChI is InChI=1S/4C12H12N2/c2*1-9-3-5-11(6-4-9)12-7-13-10(2)14-8-12;2*1-9-3-5-11(6-4-9)12-13-7-10(2)8-14-12/h4*3-8H,1-2H3. The molecule has 4 aromatic heterocycles. The fourth-order valence-corrected chi connectivity index (χ4v) is 5.06. The van der Waals surface area contributed by atoms with E-state index in [4.69, 9.17) is 0 Å². The summed E-state index contributed by atoms with van der Waals surface area (Å²) in [5, 5.41) is 0. The monoisotopic (exact) mass is 736 g/mol. The van der Waals surface area contributed by atoms with E-state index in [9.17, 15) is 0 Å². The summed E-state index contributed by atoms with van der Waals surface area (Å²) < 4.78 is 0. The van der Waals surface area contributed by atoms with Crippen molar-refractivity contribution in [2.45, 2.75) is 55.4 Å². The van der Waals surface area contributed by atoms with E-state index >= 15 is 0 Å². The van der Waals surface area contributed by atoms with Crippen molar-refractivity contribution in [3.63, 3.8) is 0 Å². The Balaban J connectivity index is 0.000000143. The minimum Gasteiger partial charge on any atom is -0.241 e. The molecule has 0 bridgehead atoms. The highest BCUT2D eigenvalue weighted by Crippen LogP contribution is 2.19. The maximum atomic E-state index is 4.27. The van der Waals surface area contributed by atoms with Gasteiger partial charge in [-0.1, -0.05) is 119 Å². The molecule has 4 heterocycles. The van der Waals surface area contributed by atoms with Crippen LogP contribution in [0.25, 0.3) is 45.0 Å². The lowest BCUT2D eigenvalue weighted by Gasteiger charge is -2.01. The van der Waals surface area contributed by atoms with Crippen molar-refractivity contribution in [1.29, 1.82) is 0 Å². The Morgan fingerprint density at radius 2 is 0.446 bits per heavy atom. The SMILES string of the molecule is Cc1ccc(-c2cnc(C)nc2)cc1.Cc1ccc(-c2cnc(C)nc2)cc1.Cc1ccc(-c2ncc(C)cn2)cc1.Cc1ccc(-c2ncc(C)cn2)cc1. The normalized spacial score (nSPS) is 10.1. The molecule has 8 heteroatoms. The third-order valence-corrected chi connectivity index (χ3v) is 8.51. The molecule has 0 spiro atoms. The first-order valence-electron chi connectivity index (χ1n) is 18.4. The molecule has 0 unspecified atom stereocenters. The Morgan fingerprint density at radius 1 is 0.214 bits per heavy atom. The van der Waals surface area contributed by atoms with Crippen LogP contribution in [-0.4, -0.2) is 39.9 Å². The van der Waals surface area contributed by atoms with E-state index in [1.807, 2.05) is 102 Å². The highest BCUT2D eigenvalue weighted by atomic mass is 14.9. The first-order valence-corrected chi connectivity index (χ1v) is 18.4. The lowest BCUT2D eigenvalue weighted by atomic mass is 10.1. The summed E-state index contributed by atoms with van der Waals surface area (Å²) in [5.41, 5.74) is 13.8. The minimum atomic E-state index is 0.788. The summed E-state index contributed by atoms with van der Waals surface area (Å²) in [6.45, 7) is 16.0. The quantitative estimate of drug-likeness (QED) is 0.176. The molecule has 56 heavy (non-hydrogen) atoms. The van der Waals surface area contributed by atoms with Crippen LogP contribution in [0.5, 0.6) is 0 Å². The Bertz CT molecular complexity index is 1830. The maximum absolute atomic E-state index is 4.27. The Labute approximate surface area is 331 Å². The second-order valence-electron chi connectivity index (χ2n) is 13.7. The molecule has 0 fully saturated rings. The molecule has 0 aliphatic rings. The largest absolute Gasteiger partial charge is 0.241 e. The predicted molar refractivity (Wildman–Crippen MR) is 228 cm³/mol. The predicted octanol–water partition coefficient (Wildman–Crippen LogP) is 11.0. The van der Waals surface area contributed by atoms with Gasteiger partial charge in [0.15, 0.2) is 11.6 Å². The van der Waals surface area contributed by atoms with Gasteiger partial charge in [-0.25, -0.2) is 39.9 Å². The van der Waals surface area contributed by atoms with Gasteiger partial charge in [-0.3, -0.25) is 0 Å². The van der Waals surface area contributed by atoms with E-state index in [-0.39, 0.29) is 0 Å². The molecule has 0 radical (unpaired) electrons. The van der Waals surface area contributed by atoms with Crippen LogP contribution in [-0.2, 0) is 0 Å². The van der Waals surface area contributed by atoms with Crippen molar-refractivity contribution in [2.24, 2.45) is 0 Å². The summed E-state index contributed by atoms with van der Waals surface area (Å²) in [5.74, 6) is 3.19. The average Bonchev–Trinajstić information content (AvgIpc) is 3.21. The summed E-state index contributed by atoms with van der Waals surface area (Å²) in [7, 11) is 0. The highest BCUT2D eigenvalue weighted by molar-refractivity contribution is 5.62. The summed E-state index contributed by atoms with van der Waals surface area (Å²) >= 11 is 0. The fourth-order valence-electron chi connectivity index (χ4n) is 5.06. The van der Waals surface area contributed by atoms with E-state index in [1.165, 1.54) is 22.3 Å². The van der Waals surface area contributed by atoms with Gasteiger partial charge in [0.05, 0.1) is 0 Å². The van der Waals surface area contributed by atoms with E-state index in [1.54, 1.807) is 0 Å². The second-order valence-corrected chi connectivity index (χ2v) is 13.7. The van der Waals surface area contributed by atoms with Crippen LogP contribution in [0.3, 0.4) is 0 Å². The number of hydrogen-bond donors (Lipinski definition) is 0. The molecular weight excluding hydrogens is 689 g/mol. The topological polar surface area (TPSA) is 103 Å². The molecule has 8 aromatic rings. The third-order valence-electron chi connectivity index (χ3n) is 8.51. The van der Waals surface area contributed by atoms with Gasteiger partial charge in [-0.15, -0.1) is 0 Å². The fraction of sp³-hybridized carbons (Fsp3) is 0.167. The second kappa shape index (κ2) is 20.0. The zero-order valence-corrected chi connectivity index (χ0v) is 33.4. The lowest BCUT2D eigenvalue weighted by Crippen LogP contribution is -1.88. The molecule has 280 valence electrons. The maximum Gasteiger partial charge on any atom is 0.159 e. The summed E-state index contributed by atoms with van der Waals surface area (Å²) in [4.78, 5) is 33.7. The first kappa shape index (κ1) is 40.4. The minimum absolute atomic E-state index is 0.788. The van der Waals surface area contributed by atoms with Crippen molar-refractivity contribution in [2.75, 3.05) is 0 Å². The van der Waals surface area contributed by atoms with E-state index in [0.717, 1.165) is 67.8 Å². The zero-order chi connectivity index (χ0) is 39.9. The van der Waals surface area contributed by atoms with Gasteiger partial charge in [0.2, 0.25) is 0 Å². The first-order chi connectivity index (χ1) is 27.0. The smallest absolute Gasteiger partial charge is 0.159 e. The van der Waals surface area contributed by atoms with Crippen molar-refractivity contribution < 1.29 is 0 Å². The Hall–Kier alpha value is -6.80. The van der Waals surface area contributed by atoms with Crippen molar-refractivity contribution in [3.05, 3.63) is 192 Å². The molecule has 4 aromatic carbocycles. The summed E-state index contributed by atoms with van der Waals surface area (Å²) in [6.07, 6.45) is 14.8. The molecule has 0 aliphatic heterocycles. The van der Waals surface area contributed by atoms with Gasteiger partial charge in [-0.05, 0) is 77.6 Å². The van der Waals surface area contributed by atoms with Gasteiger partial charge in [0.25, 0.3) is 0 Å². The third kappa shape index (κ3) is 12.7. The number of hydrogen-bond acceptors (Lipinski definition) is 8. The van der Waals surface area contributed by atoms with E-state index < -0.39 is 0 Å². The van der Waals surface area contributed by atoms with Crippen molar-refractivity contribution >= 4 is 0 Å². The molecule has 0 amide bonds. The number of aromatic nitrogens is 8. The van der Waals surface area contributed by atoms with Crippen LogP contribution in [0.1, 0.15) is 45.0 Å². The number of aryl methyl sites for hydroxylation is 8. The van der Waals surface area contributed by atoms with Crippen LogP contribution >= 0.6 is 0 Å². The van der Waals surface area contributed by atoms with Crippen LogP contribution < -0.4 is 0 Å². The zero-order valence-electron chi connectivity index (χ0n) is 33.4. The van der Waals surface area contributed by atoms with Crippen LogP contribution in [0, 0.1) is 55.4 Å². The molecule has 0 atom stereocenters. The van der Waals surface area contributed by atoms with E-state index in [0.29, 0.717) is 0 Å². The van der Waals surface area contributed by atoms with Crippen molar-refractivity contribution in [1.82, 2.24) is 39.9 Å². The number of nitrogens with zero attached hydrogens (tertiary/aromatic N) is 8. The van der Waals surface area contributed by atoms with Gasteiger partial charge in [-0.2, -0.15) is 0 Å². The average molecular weight is 737 g/mol. The molecule has 8 rings (SSSR count). The van der Waals surface area contributed by atoms with Crippen LogP contribution in [0.15, 0.2) is 147 Å². The molecular formula is C48H48N8. The Kier molecular flexibility index (Phi) is 14.5. The van der Waals surface area contributed by atoms with Crippen LogP contribution in [0.4, 0.5) is 0 Å². The highest BCUT2D eigenvalue weighted by Gasteiger charge is 2.01.